The van der Waals surface area contributed by atoms with E-state index in [4.69, 9.17) is 11.6 Å². The van der Waals surface area contributed by atoms with Crippen LogP contribution in [0.2, 0.25) is 5.02 Å². The molecule has 2 N–H and O–H groups in total. The number of aliphatic hydroxyl groups is 1. The lowest BCUT2D eigenvalue weighted by Crippen LogP contribution is -2.15. The van der Waals surface area contributed by atoms with Gasteiger partial charge in [0.2, 0.25) is 0 Å². The number of carbonyl (C=O) groups excluding carboxylic acids is 1. The Bertz CT molecular complexity index is 874. The minimum absolute atomic E-state index is 0.273. The van der Waals surface area contributed by atoms with E-state index in [9.17, 15) is 9.90 Å². The fraction of sp³-hybridized carbons (Fsp3) is 0.111. The fourth-order valence-corrected chi connectivity index (χ4v) is 2.55. The molecule has 6 heteroatoms. The maximum atomic E-state index is 12.4. The van der Waals surface area contributed by atoms with Crippen LogP contribution in [0.15, 0.2) is 60.8 Å². The Balaban J connectivity index is 1.82. The van der Waals surface area contributed by atoms with Crippen molar-refractivity contribution < 1.29 is 9.90 Å². The molecule has 0 saturated heterocycles. The smallest absolute Gasteiger partial charge is 0.276 e. The van der Waals surface area contributed by atoms with Crippen molar-refractivity contribution in [1.82, 2.24) is 9.78 Å². The highest BCUT2D eigenvalue weighted by Crippen LogP contribution is 2.22. The van der Waals surface area contributed by atoms with Crippen LogP contribution >= 0.6 is 11.6 Å². The summed E-state index contributed by atoms with van der Waals surface area (Å²) < 4.78 is 1.58. The van der Waals surface area contributed by atoms with E-state index in [1.807, 2.05) is 18.2 Å². The van der Waals surface area contributed by atoms with Gasteiger partial charge in [-0.05, 0) is 37.3 Å². The Kier molecular flexibility index (Phi) is 4.64. The molecule has 3 aromatic rings. The summed E-state index contributed by atoms with van der Waals surface area (Å²) in [6.45, 7) is 1.65. The summed E-state index contributed by atoms with van der Waals surface area (Å²) >= 11 is 5.97. The number of nitrogens with zero attached hydrogens (tertiary/aromatic N) is 2. The topological polar surface area (TPSA) is 67.2 Å². The summed E-state index contributed by atoms with van der Waals surface area (Å²) in [5.41, 5.74) is 2.26. The number of nitrogens with one attached hydrogen (secondary N) is 1. The maximum Gasteiger partial charge on any atom is 0.276 e. The average Bonchev–Trinajstić information content (AvgIpc) is 3.05. The van der Waals surface area contributed by atoms with Crippen LogP contribution in [0.5, 0.6) is 0 Å². The molecule has 1 aromatic heterocycles. The van der Waals surface area contributed by atoms with Crippen molar-refractivity contribution in [3.05, 3.63) is 77.1 Å². The number of halogens is 1. The van der Waals surface area contributed by atoms with Crippen molar-refractivity contribution in [2.24, 2.45) is 0 Å². The van der Waals surface area contributed by atoms with E-state index in [1.165, 1.54) is 0 Å². The van der Waals surface area contributed by atoms with Gasteiger partial charge in [-0.25, -0.2) is 4.68 Å². The number of aromatic nitrogens is 2. The van der Waals surface area contributed by atoms with E-state index < -0.39 is 6.10 Å². The van der Waals surface area contributed by atoms with Gasteiger partial charge in [-0.1, -0.05) is 35.9 Å². The van der Waals surface area contributed by atoms with E-state index in [0.29, 0.717) is 16.3 Å². The van der Waals surface area contributed by atoms with E-state index in [-0.39, 0.29) is 11.6 Å². The number of carbonyl (C=O) groups is 1. The van der Waals surface area contributed by atoms with Crippen molar-refractivity contribution in [2.75, 3.05) is 5.32 Å². The molecular weight excluding hydrogens is 326 g/mol. The summed E-state index contributed by atoms with van der Waals surface area (Å²) in [6, 6.07) is 16.0. The first-order valence-electron chi connectivity index (χ1n) is 7.44. The zero-order chi connectivity index (χ0) is 17.1. The summed E-state index contributed by atoms with van der Waals surface area (Å²) in [5.74, 6) is -0.344. The first-order chi connectivity index (χ1) is 11.5. The first kappa shape index (κ1) is 16.2. The number of hydrogen-bond donors (Lipinski definition) is 2. The third kappa shape index (κ3) is 3.48. The zero-order valence-electron chi connectivity index (χ0n) is 13.0. The van der Waals surface area contributed by atoms with E-state index in [1.54, 1.807) is 54.2 Å². The number of benzene rings is 2. The standard InChI is InChI=1S/C18H16ClN3O2/c1-12(23)15-7-2-3-8-16(15)20-18(24)17-9-10-22(21-17)14-6-4-5-13(19)11-14/h2-12,23H,1H3,(H,20,24). The Morgan fingerprint density at radius 1 is 1.21 bits per heavy atom. The van der Waals surface area contributed by atoms with Gasteiger partial charge < -0.3 is 10.4 Å². The quantitative estimate of drug-likeness (QED) is 0.757. The third-order valence-corrected chi connectivity index (χ3v) is 3.79. The molecule has 0 fully saturated rings. The molecule has 0 radical (unpaired) electrons. The van der Waals surface area contributed by atoms with Crippen molar-refractivity contribution in [2.45, 2.75) is 13.0 Å². The second-order valence-corrected chi connectivity index (χ2v) is 5.78. The van der Waals surface area contributed by atoms with Crippen LogP contribution in [-0.2, 0) is 0 Å². The highest BCUT2D eigenvalue weighted by atomic mass is 35.5. The predicted molar refractivity (Wildman–Crippen MR) is 93.6 cm³/mol. The molecule has 0 aliphatic carbocycles. The molecule has 1 heterocycles. The van der Waals surface area contributed by atoms with Gasteiger partial charge in [-0.2, -0.15) is 5.10 Å². The largest absolute Gasteiger partial charge is 0.389 e. The molecule has 1 amide bonds. The molecule has 0 aliphatic heterocycles. The molecule has 1 atom stereocenters. The Morgan fingerprint density at radius 3 is 2.75 bits per heavy atom. The van der Waals surface area contributed by atoms with Crippen molar-refractivity contribution in [3.63, 3.8) is 0 Å². The van der Waals surface area contributed by atoms with Crippen LogP contribution in [0, 0.1) is 0 Å². The number of para-hydroxylation sites is 1. The van der Waals surface area contributed by atoms with Crippen molar-refractivity contribution >= 4 is 23.2 Å². The van der Waals surface area contributed by atoms with Gasteiger partial charge in [0.15, 0.2) is 5.69 Å². The monoisotopic (exact) mass is 341 g/mol. The Morgan fingerprint density at radius 2 is 2.00 bits per heavy atom. The van der Waals surface area contributed by atoms with E-state index >= 15 is 0 Å². The third-order valence-electron chi connectivity index (χ3n) is 3.55. The maximum absolute atomic E-state index is 12.4. The van der Waals surface area contributed by atoms with Crippen LogP contribution in [0.1, 0.15) is 29.1 Å². The number of anilines is 1. The van der Waals surface area contributed by atoms with E-state index in [0.717, 1.165) is 5.69 Å². The highest BCUT2D eigenvalue weighted by Gasteiger charge is 2.14. The minimum Gasteiger partial charge on any atom is -0.389 e. The van der Waals surface area contributed by atoms with Crippen molar-refractivity contribution in [3.8, 4) is 5.69 Å². The average molecular weight is 342 g/mol. The lowest BCUT2D eigenvalue weighted by Gasteiger charge is -2.12. The molecule has 24 heavy (non-hydrogen) atoms. The number of amides is 1. The minimum atomic E-state index is -0.675. The molecule has 5 nitrogen and oxygen atoms in total. The molecule has 2 aromatic carbocycles. The molecule has 0 saturated carbocycles. The summed E-state index contributed by atoms with van der Waals surface area (Å²) in [4.78, 5) is 12.4. The number of hydrogen-bond acceptors (Lipinski definition) is 3. The number of rotatable bonds is 4. The van der Waals surface area contributed by atoms with Gasteiger partial charge in [0.25, 0.3) is 5.91 Å². The number of aliphatic hydroxyl groups excluding tert-OH is 1. The first-order valence-corrected chi connectivity index (χ1v) is 7.82. The molecule has 0 aliphatic rings. The molecular formula is C18H16ClN3O2. The van der Waals surface area contributed by atoms with Crippen LogP contribution in [0.3, 0.4) is 0 Å². The van der Waals surface area contributed by atoms with Gasteiger partial charge in [-0.15, -0.1) is 0 Å². The van der Waals surface area contributed by atoms with Crippen molar-refractivity contribution in [1.29, 1.82) is 0 Å². The Labute approximate surface area is 144 Å². The summed E-state index contributed by atoms with van der Waals surface area (Å²) in [7, 11) is 0. The van der Waals surface area contributed by atoms with Gasteiger partial charge in [0.05, 0.1) is 11.8 Å². The second-order valence-electron chi connectivity index (χ2n) is 5.34. The predicted octanol–water partition coefficient (Wildman–Crippen LogP) is 3.83. The van der Waals surface area contributed by atoms with Gasteiger partial charge in [-0.3, -0.25) is 4.79 Å². The SMILES string of the molecule is CC(O)c1ccccc1NC(=O)c1ccn(-c2cccc(Cl)c2)n1. The van der Waals surface area contributed by atoms with Crippen LogP contribution < -0.4 is 5.32 Å². The second kappa shape index (κ2) is 6.86. The van der Waals surface area contributed by atoms with Gasteiger partial charge in [0, 0.05) is 22.5 Å². The van der Waals surface area contributed by atoms with Gasteiger partial charge in [0.1, 0.15) is 0 Å². The van der Waals surface area contributed by atoms with E-state index in [2.05, 4.69) is 10.4 Å². The van der Waals surface area contributed by atoms with Crippen LogP contribution in [-0.4, -0.2) is 20.8 Å². The summed E-state index contributed by atoms with van der Waals surface area (Å²) in [5, 5.41) is 17.4. The normalized spacial score (nSPS) is 12.0. The zero-order valence-corrected chi connectivity index (χ0v) is 13.7. The molecule has 1 unspecified atom stereocenters. The highest BCUT2D eigenvalue weighted by molar-refractivity contribution is 6.30. The molecule has 0 spiro atoms. The molecule has 0 bridgehead atoms. The lowest BCUT2D eigenvalue weighted by molar-refractivity contribution is 0.102. The fourth-order valence-electron chi connectivity index (χ4n) is 2.37. The molecule has 122 valence electrons. The lowest BCUT2D eigenvalue weighted by atomic mass is 10.1. The van der Waals surface area contributed by atoms with Crippen LogP contribution in [0.4, 0.5) is 5.69 Å². The van der Waals surface area contributed by atoms with Gasteiger partial charge >= 0.3 is 0 Å². The summed E-state index contributed by atoms with van der Waals surface area (Å²) in [6.07, 6.45) is 1.02. The Hall–Kier alpha value is -2.63. The van der Waals surface area contributed by atoms with Crippen LogP contribution in [0.25, 0.3) is 5.69 Å². The molecule has 3 rings (SSSR count).